The highest BCUT2D eigenvalue weighted by atomic mass is 16.1. The van der Waals surface area contributed by atoms with E-state index < -0.39 is 5.91 Å². The maximum absolute atomic E-state index is 11.3. The van der Waals surface area contributed by atoms with Crippen LogP contribution in [0.4, 0.5) is 11.5 Å². The number of rotatable bonds is 5. The van der Waals surface area contributed by atoms with Gasteiger partial charge in [-0.15, -0.1) is 0 Å². The molecule has 0 aliphatic carbocycles. The molecule has 148 valence electrons. The van der Waals surface area contributed by atoms with Crippen LogP contribution in [0.3, 0.4) is 0 Å². The first kappa shape index (κ1) is 18.9. The van der Waals surface area contributed by atoms with Gasteiger partial charge >= 0.3 is 0 Å². The summed E-state index contributed by atoms with van der Waals surface area (Å²) in [6, 6.07) is 15.3. The molecule has 1 aliphatic heterocycles. The molecule has 1 fully saturated rings. The Morgan fingerprint density at radius 2 is 1.72 bits per heavy atom. The largest absolute Gasteiger partial charge is 0.368 e. The molecule has 3 aromatic rings. The van der Waals surface area contributed by atoms with Gasteiger partial charge in [0.15, 0.2) is 5.82 Å². The van der Waals surface area contributed by atoms with Gasteiger partial charge in [0.05, 0.1) is 0 Å². The fraction of sp³-hybridized carbons (Fsp3) is 0.273. The normalized spacial score (nSPS) is 14.1. The van der Waals surface area contributed by atoms with Gasteiger partial charge in [-0.25, -0.2) is 9.97 Å². The number of carbonyl (C=O) groups excluding carboxylic acids is 1. The minimum Gasteiger partial charge on any atom is -0.368 e. The summed E-state index contributed by atoms with van der Waals surface area (Å²) in [4.78, 5) is 29.7. The molecule has 1 saturated heterocycles. The fourth-order valence-electron chi connectivity index (χ4n) is 3.47. The molecule has 7 nitrogen and oxygen atoms in total. The molecule has 3 heterocycles. The second-order valence-corrected chi connectivity index (χ2v) is 6.99. The van der Waals surface area contributed by atoms with Gasteiger partial charge in [0.1, 0.15) is 11.5 Å². The molecular formula is C22H24N6O. The lowest BCUT2D eigenvalue weighted by atomic mass is 10.1. The minimum atomic E-state index is -0.402. The van der Waals surface area contributed by atoms with Crippen molar-refractivity contribution in [2.75, 3.05) is 36.0 Å². The summed E-state index contributed by atoms with van der Waals surface area (Å²) >= 11 is 0. The van der Waals surface area contributed by atoms with Crippen LogP contribution in [0.15, 0.2) is 54.7 Å². The quantitative estimate of drug-likeness (QED) is 0.723. The zero-order valence-corrected chi connectivity index (χ0v) is 16.5. The number of pyridine rings is 1. The molecule has 1 amide bonds. The predicted octanol–water partition coefficient (Wildman–Crippen LogP) is 2.53. The van der Waals surface area contributed by atoms with E-state index in [1.54, 1.807) is 18.3 Å². The summed E-state index contributed by atoms with van der Waals surface area (Å²) in [5.74, 6) is 1.21. The van der Waals surface area contributed by atoms with E-state index in [1.807, 2.05) is 30.3 Å². The number of aromatic nitrogens is 3. The van der Waals surface area contributed by atoms with Crippen molar-refractivity contribution in [3.05, 3.63) is 66.0 Å². The Labute approximate surface area is 170 Å². The van der Waals surface area contributed by atoms with Crippen molar-refractivity contribution in [2.24, 2.45) is 5.73 Å². The first-order valence-corrected chi connectivity index (χ1v) is 9.83. The molecule has 0 atom stereocenters. The molecule has 2 N–H and O–H groups in total. The highest BCUT2D eigenvalue weighted by Crippen LogP contribution is 2.23. The summed E-state index contributed by atoms with van der Waals surface area (Å²) in [6.07, 6.45) is 2.61. The van der Waals surface area contributed by atoms with Crippen LogP contribution >= 0.6 is 0 Å². The lowest BCUT2D eigenvalue weighted by Crippen LogP contribution is -2.47. The lowest BCUT2D eigenvalue weighted by Gasteiger charge is -2.37. The molecule has 0 bridgehead atoms. The fourth-order valence-corrected chi connectivity index (χ4v) is 3.47. The number of piperazine rings is 1. The van der Waals surface area contributed by atoms with Crippen LogP contribution in [0, 0.1) is 0 Å². The third kappa shape index (κ3) is 4.18. The van der Waals surface area contributed by atoms with Gasteiger partial charge in [-0.1, -0.05) is 13.0 Å². The third-order valence-corrected chi connectivity index (χ3v) is 5.14. The number of hydrogen-bond donors (Lipinski definition) is 1. The first-order chi connectivity index (χ1) is 14.1. The Bertz CT molecular complexity index is 982. The standard InChI is InChI=1S/C22H24N6O/c1-2-17-15-20(26-22(25-17)19-5-3-4-10-24-19)28-13-11-27(12-14-28)18-8-6-16(7-9-18)21(23)29/h3-10,15H,2,11-14H2,1H3,(H2,23,29). The van der Waals surface area contributed by atoms with E-state index in [1.165, 1.54) is 0 Å². The average molecular weight is 388 g/mol. The van der Waals surface area contributed by atoms with E-state index in [2.05, 4.69) is 32.8 Å². The number of benzene rings is 1. The molecule has 0 unspecified atom stereocenters. The highest BCUT2D eigenvalue weighted by molar-refractivity contribution is 5.93. The third-order valence-electron chi connectivity index (χ3n) is 5.14. The number of anilines is 2. The van der Waals surface area contributed by atoms with Crippen LogP contribution in [0.25, 0.3) is 11.5 Å². The summed E-state index contributed by atoms with van der Waals surface area (Å²) in [5, 5.41) is 0. The van der Waals surface area contributed by atoms with Crippen molar-refractivity contribution >= 4 is 17.4 Å². The number of hydrogen-bond acceptors (Lipinski definition) is 6. The van der Waals surface area contributed by atoms with E-state index in [4.69, 9.17) is 10.7 Å². The molecule has 29 heavy (non-hydrogen) atoms. The molecular weight excluding hydrogens is 364 g/mol. The SMILES string of the molecule is CCc1cc(N2CCN(c3ccc(C(N)=O)cc3)CC2)nc(-c2ccccn2)n1. The number of aryl methyl sites for hydroxylation is 1. The number of amides is 1. The Balaban J connectivity index is 1.50. The van der Waals surface area contributed by atoms with Crippen molar-refractivity contribution in [2.45, 2.75) is 13.3 Å². The van der Waals surface area contributed by atoms with Gasteiger partial charge < -0.3 is 15.5 Å². The molecule has 0 saturated carbocycles. The van der Waals surface area contributed by atoms with Crippen molar-refractivity contribution in [3.63, 3.8) is 0 Å². The van der Waals surface area contributed by atoms with E-state index in [9.17, 15) is 4.79 Å². The van der Waals surface area contributed by atoms with E-state index >= 15 is 0 Å². The zero-order chi connectivity index (χ0) is 20.2. The smallest absolute Gasteiger partial charge is 0.248 e. The van der Waals surface area contributed by atoms with Gasteiger partial charge in [-0.3, -0.25) is 9.78 Å². The van der Waals surface area contributed by atoms with Crippen LogP contribution in [0.2, 0.25) is 0 Å². The summed E-state index contributed by atoms with van der Waals surface area (Å²) < 4.78 is 0. The van der Waals surface area contributed by atoms with Crippen molar-refractivity contribution in [3.8, 4) is 11.5 Å². The van der Waals surface area contributed by atoms with Gasteiger partial charge in [-0.2, -0.15) is 0 Å². The van der Waals surface area contributed by atoms with Gasteiger partial charge in [0.2, 0.25) is 5.91 Å². The van der Waals surface area contributed by atoms with Gasteiger partial charge in [-0.05, 0) is 42.8 Å². The minimum absolute atomic E-state index is 0.402. The van der Waals surface area contributed by atoms with E-state index in [0.29, 0.717) is 11.4 Å². The lowest BCUT2D eigenvalue weighted by molar-refractivity contribution is 0.100. The zero-order valence-electron chi connectivity index (χ0n) is 16.5. The van der Waals surface area contributed by atoms with Crippen LogP contribution in [-0.4, -0.2) is 47.0 Å². The van der Waals surface area contributed by atoms with Gasteiger partial charge in [0, 0.05) is 55.4 Å². The summed E-state index contributed by atoms with van der Waals surface area (Å²) in [6.45, 7) is 5.57. The van der Waals surface area contributed by atoms with Crippen molar-refractivity contribution in [1.82, 2.24) is 15.0 Å². The molecule has 1 aromatic carbocycles. The Kier molecular flexibility index (Phi) is 5.37. The molecule has 0 spiro atoms. The monoisotopic (exact) mass is 388 g/mol. The molecule has 7 heteroatoms. The van der Waals surface area contributed by atoms with Crippen LogP contribution in [0.1, 0.15) is 23.0 Å². The highest BCUT2D eigenvalue weighted by Gasteiger charge is 2.20. The molecule has 4 rings (SSSR count). The number of nitrogens with zero attached hydrogens (tertiary/aromatic N) is 5. The Morgan fingerprint density at radius 1 is 1.00 bits per heavy atom. The number of carbonyl (C=O) groups is 1. The average Bonchev–Trinajstić information content (AvgIpc) is 2.79. The Morgan fingerprint density at radius 3 is 2.34 bits per heavy atom. The van der Waals surface area contributed by atoms with Crippen LogP contribution < -0.4 is 15.5 Å². The molecule has 1 aliphatic rings. The van der Waals surface area contributed by atoms with Crippen molar-refractivity contribution < 1.29 is 4.79 Å². The second-order valence-electron chi connectivity index (χ2n) is 6.99. The molecule has 2 aromatic heterocycles. The second kappa shape index (κ2) is 8.26. The van der Waals surface area contributed by atoms with E-state index in [0.717, 1.165) is 55.5 Å². The predicted molar refractivity (Wildman–Crippen MR) is 114 cm³/mol. The van der Waals surface area contributed by atoms with Crippen LogP contribution in [-0.2, 0) is 6.42 Å². The van der Waals surface area contributed by atoms with Crippen LogP contribution in [0.5, 0.6) is 0 Å². The molecule has 0 radical (unpaired) electrons. The number of primary amides is 1. The van der Waals surface area contributed by atoms with E-state index in [-0.39, 0.29) is 0 Å². The maximum Gasteiger partial charge on any atom is 0.248 e. The number of nitrogens with two attached hydrogens (primary N) is 1. The Hall–Kier alpha value is -3.48. The topological polar surface area (TPSA) is 88.2 Å². The summed E-state index contributed by atoms with van der Waals surface area (Å²) in [7, 11) is 0. The summed E-state index contributed by atoms with van der Waals surface area (Å²) in [5.41, 5.74) is 8.76. The first-order valence-electron chi connectivity index (χ1n) is 9.83. The maximum atomic E-state index is 11.3. The van der Waals surface area contributed by atoms with Gasteiger partial charge in [0.25, 0.3) is 0 Å². The van der Waals surface area contributed by atoms with Crippen molar-refractivity contribution in [1.29, 1.82) is 0 Å².